The van der Waals surface area contributed by atoms with Crippen molar-refractivity contribution in [2.75, 3.05) is 14.2 Å². The summed E-state index contributed by atoms with van der Waals surface area (Å²) in [4.78, 5) is 0. The van der Waals surface area contributed by atoms with Gasteiger partial charge in [-0.2, -0.15) is 0 Å². The fourth-order valence-corrected chi connectivity index (χ4v) is 2.08. The van der Waals surface area contributed by atoms with Gasteiger partial charge in [0.1, 0.15) is 11.5 Å². The van der Waals surface area contributed by atoms with Crippen LogP contribution in [0.5, 0.6) is 11.5 Å². The third-order valence-corrected chi connectivity index (χ3v) is 3.01. The second-order valence-corrected chi connectivity index (χ2v) is 4.09. The summed E-state index contributed by atoms with van der Waals surface area (Å²) >= 11 is 0. The van der Waals surface area contributed by atoms with Gasteiger partial charge >= 0.3 is 14.2 Å². The molecule has 0 amide bonds. The molecule has 0 saturated heterocycles. The fourth-order valence-electron chi connectivity index (χ4n) is 2.08. The normalized spacial score (nSPS) is 15.5. The van der Waals surface area contributed by atoms with Crippen molar-refractivity contribution in [3.05, 3.63) is 37.2 Å². The highest BCUT2D eigenvalue weighted by Gasteiger charge is 2.36. The number of ether oxygens (including phenoxy) is 2. The Hall–Kier alpha value is -2.37. The highest BCUT2D eigenvalue weighted by Crippen LogP contribution is 2.19. The summed E-state index contributed by atoms with van der Waals surface area (Å²) < 4.78 is 32.1. The van der Waals surface area contributed by atoms with Crippen LogP contribution < -0.4 is 20.4 Å². The van der Waals surface area contributed by atoms with Gasteiger partial charge in [-0.3, -0.25) is 0 Å². The topological polar surface area (TPSA) is 55.4 Å². The lowest BCUT2D eigenvalue weighted by atomic mass is 9.72. The molecule has 0 fully saturated rings. The molecule has 6 nitrogen and oxygen atoms in total. The van der Waals surface area contributed by atoms with E-state index in [9.17, 15) is 0 Å². The van der Waals surface area contributed by atoms with Gasteiger partial charge < -0.3 is 28.1 Å². The van der Waals surface area contributed by atoms with E-state index in [2.05, 4.69) is 0 Å². The number of rotatable bonds is 4. The zero-order chi connectivity index (χ0) is 13.9. The lowest BCUT2D eigenvalue weighted by molar-refractivity contribution is 0.391. The summed E-state index contributed by atoms with van der Waals surface area (Å²) in [5, 5.41) is 0. The van der Waals surface area contributed by atoms with Crippen molar-refractivity contribution in [3.63, 3.8) is 0 Å². The minimum atomic E-state index is -0.545. The quantitative estimate of drug-likeness (QED) is 0.727. The van der Waals surface area contributed by atoms with E-state index in [1.807, 2.05) is 0 Å². The van der Waals surface area contributed by atoms with Crippen molar-refractivity contribution < 1.29 is 28.1 Å². The van der Waals surface area contributed by atoms with Gasteiger partial charge in [-0.15, -0.1) is 0 Å². The van der Waals surface area contributed by atoms with E-state index in [-0.39, 0.29) is 0 Å². The SMILES string of the molecule is COc1cc(B2OC=CO2)c(OC)cc1B1OC=CO1. The predicted molar refractivity (Wildman–Crippen MR) is 72.9 cm³/mol. The molecule has 0 aromatic heterocycles. The lowest BCUT2D eigenvalue weighted by Crippen LogP contribution is -2.38. The molecule has 0 unspecified atom stereocenters. The van der Waals surface area contributed by atoms with Crippen LogP contribution in [-0.4, -0.2) is 28.5 Å². The average Bonchev–Trinajstić information content (AvgIpc) is 3.18. The largest absolute Gasteiger partial charge is 0.635 e. The van der Waals surface area contributed by atoms with E-state index in [4.69, 9.17) is 28.1 Å². The molecule has 2 aliphatic heterocycles. The molecule has 0 N–H and O–H groups in total. The fraction of sp³-hybridized carbons (Fsp3) is 0.167. The van der Waals surface area contributed by atoms with E-state index in [0.717, 1.165) is 10.9 Å². The molecule has 0 saturated carbocycles. The molecule has 2 heterocycles. The van der Waals surface area contributed by atoms with E-state index < -0.39 is 14.2 Å². The van der Waals surface area contributed by atoms with Crippen LogP contribution in [0.3, 0.4) is 0 Å². The molecule has 3 rings (SSSR count). The van der Waals surface area contributed by atoms with Crippen molar-refractivity contribution in [3.8, 4) is 11.5 Å². The summed E-state index contributed by atoms with van der Waals surface area (Å²) in [7, 11) is 2.06. The maximum absolute atomic E-state index is 5.38. The molecular weight excluding hydrogens is 262 g/mol. The average molecular weight is 274 g/mol. The van der Waals surface area contributed by atoms with Gasteiger partial charge in [-0.25, -0.2) is 0 Å². The number of methoxy groups -OCH3 is 2. The van der Waals surface area contributed by atoms with Gasteiger partial charge in [0.05, 0.1) is 50.2 Å². The first kappa shape index (κ1) is 12.7. The molecule has 0 spiro atoms. The van der Waals surface area contributed by atoms with Crippen LogP contribution in [0.4, 0.5) is 0 Å². The first-order valence-electron chi connectivity index (χ1n) is 6.01. The van der Waals surface area contributed by atoms with Crippen molar-refractivity contribution in [1.82, 2.24) is 0 Å². The monoisotopic (exact) mass is 274 g/mol. The van der Waals surface area contributed by atoms with Crippen LogP contribution in [-0.2, 0) is 18.6 Å². The van der Waals surface area contributed by atoms with E-state index in [1.54, 1.807) is 26.4 Å². The molecule has 0 bridgehead atoms. The van der Waals surface area contributed by atoms with Gasteiger partial charge in [-0.05, 0) is 12.1 Å². The zero-order valence-electron chi connectivity index (χ0n) is 11.1. The first-order valence-corrected chi connectivity index (χ1v) is 6.01. The highest BCUT2D eigenvalue weighted by molar-refractivity contribution is 6.65. The molecule has 102 valence electrons. The van der Waals surface area contributed by atoms with Crippen LogP contribution >= 0.6 is 0 Å². The zero-order valence-corrected chi connectivity index (χ0v) is 11.1. The smallest absolute Gasteiger partial charge is 0.525 e. The molecule has 0 atom stereocenters. The van der Waals surface area contributed by atoms with Crippen LogP contribution in [0.1, 0.15) is 0 Å². The Bertz CT molecular complexity index is 493. The number of benzene rings is 1. The maximum Gasteiger partial charge on any atom is 0.635 e. The lowest BCUT2D eigenvalue weighted by Gasteiger charge is -2.16. The number of hydrogen-bond donors (Lipinski definition) is 0. The van der Waals surface area contributed by atoms with Crippen LogP contribution in [0.25, 0.3) is 0 Å². The molecule has 8 heteroatoms. The Morgan fingerprint density at radius 2 is 1.05 bits per heavy atom. The summed E-state index contributed by atoms with van der Waals surface area (Å²) in [6, 6.07) is 3.58. The van der Waals surface area contributed by atoms with Crippen LogP contribution in [0, 0.1) is 0 Å². The molecule has 0 radical (unpaired) electrons. The molecule has 1 aromatic rings. The first-order chi connectivity index (χ1) is 9.83. The van der Waals surface area contributed by atoms with E-state index in [0.29, 0.717) is 11.5 Å². The van der Waals surface area contributed by atoms with Crippen LogP contribution in [0.2, 0.25) is 0 Å². The van der Waals surface area contributed by atoms with E-state index >= 15 is 0 Å². The van der Waals surface area contributed by atoms with Gasteiger partial charge in [0.25, 0.3) is 0 Å². The van der Waals surface area contributed by atoms with Gasteiger partial charge in [0, 0.05) is 0 Å². The Balaban J connectivity index is 1.99. The summed E-state index contributed by atoms with van der Waals surface area (Å²) in [6.07, 6.45) is 5.93. The standard InChI is InChI=1S/C12H12B2O6/c1-15-11-7-10(14-19-5-6-20-14)12(16-2)8-9(11)13-17-3-4-18-13/h3-8H,1-2H3. The minimum Gasteiger partial charge on any atom is -0.525 e. The summed E-state index contributed by atoms with van der Waals surface area (Å²) in [5.41, 5.74) is 1.45. The molecular formula is C12H12B2O6. The van der Waals surface area contributed by atoms with Gasteiger partial charge in [-0.1, -0.05) is 0 Å². The molecule has 20 heavy (non-hydrogen) atoms. The van der Waals surface area contributed by atoms with Crippen molar-refractivity contribution in [2.24, 2.45) is 0 Å². The summed E-state index contributed by atoms with van der Waals surface area (Å²) in [6.45, 7) is 0. The maximum atomic E-state index is 5.38. The predicted octanol–water partition coefficient (Wildman–Crippen LogP) is 0.130. The van der Waals surface area contributed by atoms with Crippen molar-refractivity contribution >= 4 is 25.2 Å². The second-order valence-electron chi connectivity index (χ2n) is 4.09. The molecule has 2 aliphatic rings. The van der Waals surface area contributed by atoms with Crippen LogP contribution in [0.15, 0.2) is 37.2 Å². The van der Waals surface area contributed by atoms with Crippen molar-refractivity contribution in [1.29, 1.82) is 0 Å². The Labute approximate surface area is 117 Å². The Kier molecular flexibility index (Phi) is 3.37. The third kappa shape index (κ3) is 2.13. The summed E-state index contributed by atoms with van der Waals surface area (Å²) in [5.74, 6) is 1.21. The molecule has 0 aliphatic carbocycles. The molecule has 1 aromatic carbocycles. The number of hydrogen-bond acceptors (Lipinski definition) is 6. The van der Waals surface area contributed by atoms with E-state index in [1.165, 1.54) is 25.0 Å². The minimum absolute atomic E-state index is 0.545. The Morgan fingerprint density at radius 3 is 1.35 bits per heavy atom. The third-order valence-electron chi connectivity index (χ3n) is 3.01. The van der Waals surface area contributed by atoms with Gasteiger partial charge in [0.2, 0.25) is 0 Å². The van der Waals surface area contributed by atoms with Crippen molar-refractivity contribution in [2.45, 2.75) is 0 Å². The van der Waals surface area contributed by atoms with Gasteiger partial charge in [0.15, 0.2) is 0 Å². The highest BCUT2D eigenvalue weighted by atomic mass is 16.6. The second kappa shape index (κ2) is 5.32. The Morgan fingerprint density at radius 1 is 0.700 bits per heavy atom.